The van der Waals surface area contributed by atoms with Crippen molar-refractivity contribution in [2.24, 2.45) is 5.84 Å². The first-order valence-corrected chi connectivity index (χ1v) is 7.13. The molecule has 0 amide bonds. The second kappa shape index (κ2) is 7.57. The average molecular weight is 282 g/mol. The van der Waals surface area contributed by atoms with Gasteiger partial charge < -0.3 is 9.47 Å². The Morgan fingerprint density at radius 1 is 1.50 bits per heavy atom. The lowest BCUT2D eigenvalue weighted by Crippen LogP contribution is -2.40. The molecule has 112 valence electrons. The molecule has 0 radical (unpaired) electrons. The molecular formula is C15H23FN2O2. The molecule has 1 aromatic carbocycles. The van der Waals surface area contributed by atoms with Crippen molar-refractivity contribution in [1.82, 2.24) is 5.43 Å². The predicted octanol–water partition coefficient (Wildman–Crippen LogP) is 2.17. The van der Waals surface area contributed by atoms with Crippen LogP contribution < -0.4 is 16.0 Å². The molecule has 1 aromatic rings. The van der Waals surface area contributed by atoms with Crippen molar-refractivity contribution in [2.45, 2.75) is 44.2 Å². The Labute approximate surface area is 119 Å². The van der Waals surface area contributed by atoms with Crippen LogP contribution in [0.2, 0.25) is 0 Å². The van der Waals surface area contributed by atoms with Crippen LogP contribution in [0.1, 0.15) is 31.2 Å². The number of ether oxygens (including phenoxy) is 2. The number of hydrogen-bond donors (Lipinski definition) is 2. The fourth-order valence-electron chi connectivity index (χ4n) is 2.66. The number of halogens is 1. The van der Waals surface area contributed by atoms with Crippen LogP contribution in [-0.4, -0.2) is 25.9 Å². The van der Waals surface area contributed by atoms with Gasteiger partial charge in [-0.15, -0.1) is 0 Å². The summed E-state index contributed by atoms with van der Waals surface area (Å²) in [5.74, 6) is 5.56. The molecule has 1 fully saturated rings. The van der Waals surface area contributed by atoms with Gasteiger partial charge in [-0.2, -0.15) is 0 Å². The highest BCUT2D eigenvalue weighted by atomic mass is 19.1. The van der Waals surface area contributed by atoms with Crippen LogP contribution in [0.5, 0.6) is 5.75 Å². The zero-order valence-corrected chi connectivity index (χ0v) is 11.9. The molecule has 2 rings (SSSR count). The minimum Gasteiger partial charge on any atom is -0.494 e. The highest BCUT2D eigenvalue weighted by Gasteiger charge is 2.20. The third kappa shape index (κ3) is 3.91. The number of hydrogen-bond acceptors (Lipinski definition) is 4. The van der Waals surface area contributed by atoms with Gasteiger partial charge in [0.25, 0.3) is 0 Å². The average Bonchev–Trinajstić information content (AvgIpc) is 2.49. The maximum absolute atomic E-state index is 14.1. The normalized spacial score (nSPS) is 20.6. The Bertz CT molecular complexity index is 422. The zero-order valence-electron chi connectivity index (χ0n) is 11.9. The number of methoxy groups -OCH3 is 1. The summed E-state index contributed by atoms with van der Waals surface area (Å²) in [5, 5.41) is 0. The maximum Gasteiger partial charge on any atom is 0.168 e. The molecule has 0 aliphatic carbocycles. The Morgan fingerprint density at radius 3 is 3.00 bits per heavy atom. The predicted molar refractivity (Wildman–Crippen MR) is 76.0 cm³/mol. The van der Waals surface area contributed by atoms with Crippen molar-refractivity contribution in [1.29, 1.82) is 0 Å². The number of hydrazine groups is 1. The summed E-state index contributed by atoms with van der Waals surface area (Å²) in [6.45, 7) is 0.815. The summed E-state index contributed by atoms with van der Waals surface area (Å²) >= 11 is 0. The van der Waals surface area contributed by atoms with Crippen LogP contribution >= 0.6 is 0 Å². The molecule has 1 aliphatic rings. The first-order chi connectivity index (χ1) is 9.74. The largest absolute Gasteiger partial charge is 0.494 e. The summed E-state index contributed by atoms with van der Waals surface area (Å²) in [4.78, 5) is 0. The highest BCUT2D eigenvalue weighted by Crippen LogP contribution is 2.23. The third-order valence-electron chi connectivity index (χ3n) is 3.79. The Hall–Kier alpha value is -1.17. The monoisotopic (exact) mass is 282 g/mol. The van der Waals surface area contributed by atoms with Crippen LogP contribution in [0.15, 0.2) is 18.2 Å². The van der Waals surface area contributed by atoms with E-state index in [1.807, 2.05) is 0 Å². The minimum atomic E-state index is -0.306. The van der Waals surface area contributed by atoms with Crippen LogP contribution in [0, 0.1) is 5.82 Å². The molecule has 5 heteroatoms. The smallest absolute Gasteiger partial charge is 0.168 e. The van der Waals surface area contributed by atoms with Gasteiger partial charge in [-0.1, -0.05) is 12.1 Å². The minimum absolute atomic E-state index is 0.000272. The first kappa shape index (κ1) is 15.2. The van der Waals surface area contributed by atoms with Crippen molar-refractivity contribution >= 4 is 0 Å². The molecule has 4 nitrogen and oxygen atoms in total. The topological polar surface area (TPSA) is 56.5 Å². The van der Waals surface area contributed by atoms with Crippen LogP contribution in [-0.2, 0) is 11.2 Å². The zero-order chi connectivity index (χ0) is 14.4. The molecule has 3 N–H and O–H groups in total. The number of nitrogens with one attached hydrogen (secondary N) is 1. The SMILES string of the molecule is COc1cccc(CC(CC2CCCCO2)NN)c1F. The quantitative estimate of drug-likeness (QED) is 0.620. The van der Waals surface area contributed by atoms with Crippen LogP contribution in [0.25, 0.3) is 0 Å². The van der Waals surface area contributed by atoms with E-state index in [4.69, 9.17) is 15.3 Å². The molecular weight excluding hydrogens is 259 g/mol. The van der Waals surface area contributed by atoms with E-state index < -0.39 is 0 Å². The second-order valence-electron chi connectivity index (χ2n) is 5.23. The van der Waals surface area contributed by atoms with Gasteiger partial charge in [0.05, 0.1) is 13.2 Å². The number of rotatable bonds is 6. The summed E-state index contributed by atoms with van der Waals surface area (Å²) in [6.07, 6.45) is 4.92. The Kier molecular flexibility index (Phi) is 5.76. The summed E-state index contributed by atoms with van der Waals surface area (Å²) in [5.41, 5.74) is 3.39. The molecule has 0 saturated carbocycles. The standard InChI is InChI=1S/C15H23FN2O2/c1-19-14-7-4-5-11(15(14)16)9-12(18-17)10-13-6-2-3-8-20-13/h4-5,7,12-13,18H,2-3,6,8-10,17H2,1H3. The van der Waals surface area contributed by atoms with Gasteiger partial charge in [-0.25, -0.2) is 4.39 Å². The van der Waals surface area contributed by atoms with Crippen molar-refractivity contribution in [3.63, 3.8) is 0 Å². The summed E-state index contributed by atoms with van der Waals surface area (Å²) in [6, 6.07) is 5.18. The van der Waals surface area contributed by atoms with Gasteiger partial charge in [0.2, 0.25) is 0 Å². The molecule has 1 aliphatic heterocycles. The Balaban J connectivity index is 1.98. The van der Waals surface area contributed by atoms with Crippen LogP contribution in [0.3, 0.4) is 0 Å². The van der Waals surface area contributed by atoms with Gasteiger partial charge in [-0.3, -0.25) is 11.3 Å². The molecule has 2 unspecified atom stereocenters. The lowest BCUT2D eigenvalue weighted by Gasteiger charge is -2.26. The van der Waals surface area contributed by atoms with Crippen molar-refractivity contribution < 1.29 is 13.9 Å². The van der Waals surface area contributed by atoms with Gasteiger partial charge in [0.15, 0.2) is 11.6 Å². The van der Waals surface area contributed by atoms with E-state index >= 15 is 0 Å². The molecule has 0 spiro atoms. The van der Waals surface area contributed by atoms with E-state index in [1.165, 1.54) is 13.5 Å². The van der Waals surface area contributed by atoms with Gasteiger partial charge >= 0.3 is 0 Å². The molecule has 1 heterocycles. The molecule has 0 aromatic heterocycles. The molecule has 1 saturated heterocycles. The van der Waals surface area contributed by atoms with Crippen LogP contribution in [0.4, 0.5) is 4.39 Å². The third-order valence-corrected chi connectivity index (χ3v) is 3.79. The second-order valence-corrected chi connectivity index (χ2v) is 5.23. The van der Waals surface area contributed by atoms with E-state index in [0.29, 0.717) is 12.0 Å². The van der Waals surface area contributed by atoms with E-state index in [9.17, 15) is 4.39 Å². The van der Waals surface area contributed by atoms with E-state index in [2.05, 4.69) is 5.43 Å². The number of benzene rings is 1. The lowest BCUT2D eigenvalue weighted by atomic mass is 9.97. The fourth-order valence-corrected chi connectivity index (χ4v) is 2.66. The van der Waals surface area contributed by atoms with Crippen molar-refractivity contribution in [2.75, 3.05) is 13.7 Å². The fraction of sp³-hybridized carbons (Fsp3) is 0.600. The van der Waals surface area contributed by atoms with E-state index in [1.54, 1.807) is 18.2 Å². The number of nitrogens with two attached hydrogens (primary N) is 1. The molecule has 20 heavy (non-hydrogen) atoms. The van der Waals surface area contributed by atoms with Gasteiger partial charge in [-0.05, 0) is 43.7 Å². The maximum atomic E-state index is 14.1. The van der Waals surface area contributed by atoms with Gasteiger partial charge in [0.1, 0.15) is 0 Å². The van der Waals surface area contributed by atoms with E-state index in [0.717, 1.165) is 25.9 Å². The lowest BCUT2D eigenvalue weighted by molar-refractivity contribution is 0.00519. The first-order valence-electron chi connectivity index (χ1n) is 7.13. The molecule has 0 bridgehead atoms. The van der Waals surface area contributed by atoms with E-state index in [-0.39, 0.29) is 23.7 Å². The molecule has 2 atom stereocenters. The van der Waals surface area contributed by atoms with Crippen molar-refractivity contribution in [3.8, 4) is 5.75 Å². The summed E-state index contributed by atoms with van der Waals surface area (Å²) in [7, 11) is 1.47. The Morgan fingerprint density at radius 2 is 2.35 bits per heavy atom. The summed E-state index contributed by atoms with van der Waals surface area (Å²) < 4.78 is 24.8. The highest BCUT2D eigenvalue weighted by molar-refractivity contribution is 5.31. The van der Waals surface area contributed by atoms with Crippen molar-refractivity contribution in [3.05, 3.63) is 29.6 Å². The van der Waals surface area contributed by atoms with Gasteiger partial charge in [0, 0.05) is 12.6 Å².